The topological polar surface area (TPSA) is 79.7 Å². The lowest BCUT2D eigenvalue weighted by Crippen LogP contribution is -2.47. The van der Waals surface area contributed by atoms with Crippen molar-refractivity contribution in [1.82, 2.24) is 9.97 Å². The first-order valence-electron chi connectivity index (χ1n) is 10.3. The number of aliphatic hydroxyl groups is 1. The van der Waals surface area contributed by atoms with Crippen LogP contribution in [0.3, 0.4) is 0 Å². The molecule has 0 radical (unpaired) electrons. The highest BCUT2D eigenvalue weighted by Gasteiger charge is 2.44. The Labute approximate surface area is 185 Å². The molecule has 1 aliphatic rings. The molecule has 2 atom stereocenters. The fraction of sp³-hybridized carbons (Fsp3) is 0.391. The van der Waals surface area contributed by atoms with Gasteiger partial charge in [-0.15, -0.1) is 0 Å². The minimum atomic E-state index is -1.15. The number of rotatable bonds is 7. The Bertz CT molecular complexity index is 1100. The Morgan fingerprint density at radius 3 is 3.03 bits per heavy atom. The summed E-state index contributed by atoms with van der Waals surface area (Å²) in [5.74, 6) is 0.855. The highest BCUT2D eigenvalue weighted by atomic mass is 35.5. The molecule has 4 rings (SSSR count). The number of fused-ring (bicyclic) bond motifs is 2. The summed E-state index contributed by atoms with van der Waals surface area (Å²) >= 11 is 5.99. The normalized spacial score (nSPS) is 20.9. The van der Waals surface area contributed by atoms with Gasteiger partial charge in [-0.2, -0.15) is 0 Å². The maximum Gasteiger partial charge on any atom is 0.126 e. The SMILES string of the molecule is CC(C)[C@H]1c2ccc(F)cc2OC[C@]1(O)CC=NOCCc1nc2ccc(Cl)cc2[nH]1. The van der Waals surface area contributed by atoms with Crippen LogP contribution in [0.5, 0.6) is 5.75 Å². The van der Waals surface area contributed by atoms with Gasteiger partial charge in [0, 0.05) is 41.6 Å². The molecule has 0 fully saturated rings. The third kappa shape index (κ3) is 4.67. The summed E-state index contributed by atoms with van der Waals surface area (Å²) in [4.78, 5) is 13.0. The molecule has 6 nitrogen and oxygen atoms in total. The first kappa shape index (κ1) is 21.6. The zero-order valence-electron chi connectivity index (χ0n) is 17.4. The van der Waals surface area contributed by atoms with Gasteiger partial charge in [-0.1, -0.05) is 36.7 Å². The van der Waals surface area contributed by atoms with Crippen LogP contribution >= 0.6 is 11.6 Å². The van der Waals surface area contributed by atoms with E-state index < -0.39 is 5.60 Å². The molecule has 3 aromatic rings. The van der Waals surface area contributed by atoms with Gasteiger partial charge < -0.3 is 19.7 Å². The van der Waals surface area contributed by atoms with Crippen LogP contribution in [0.1, 0.15) is 37.6 Å². The van der Waals surface area contributed by atoms with Crippen molar-refractivity contribution >= 4 is 28.8 Å². The number of ether oxygens (including phenoxy) is 1. The number of nitrogens with zero attached hydrogens (tertiary/aromatic N) is 2. The van der Waals surface area contributed by atoms with Gasteiger partial charge >= 0.3 is 0 Å². The number of halogens is 2. The van der Waals surface area contributed by atoms with Gasteiger partial charge in [-0.3, -0.25) is 0 Å². The van der Waals surface area contributed by atoms with E-state index in [1.807, 2.05) is 26.0 Å². The van der Waals surface area contributed by atoms with E-state index in [1.54, 1.807) is 18.3 Å². The predicted molar refractivity (Wildman–Crippen MR) is 118 cm³/mol. The average molecular weight is 446 g/mol. The number of aromatic nitrogens is 2. The Balaban J connectivity index is 1.34. The van der Waals surface area contributed by atoms with Crippen LogP contribution in [0.2, 0.25) is 5.02 Å². The zero-order valence-corrected chi connectivity index (χ0v) is 18.2. The minimum Gasteiger partial charge on any atom is -0.490 e. The fourth-order valence-electron chi connectivity index (χ4n) is 4.23. The van der Waals surface area contributed by atoms with E-state index in [1.165, 1.54) is 12.1 Å². The Morgan fingerprint density at radius 1 is 1.39 bits per heavy atom. The van der Waals surface area contributed by atoms with E-state index in [0.29, 0.717) is 23.8 Å². The Hall–Kier alpha value is -2.64. The maximum absolute atomic E-state index is 13.5. The fourth-order valence-corrected chi connectivity index (χ4v) is 4.41. The smallest absolute Gasteiger partial charge is 0.126 e. The quantitative estimate of drug-likeness (QED) is 0.309. The standard InChI is InChI=1S/C23H25ClFN3O3/c1-14(2)22-17-5-4-16(25)12-20(17)30-13-23(22,29)8-9-26-31-10-7-21-27-18-6-3-15(24)11-19(18)28-21/h3-6,9,11-12,14,22,29H,7-8,10,13H2,1-2H3,(H,27,28)/t22-,23+/m0/s1. The maximum atomic E-state index is 13.5. The number of hydrogen-bond donors (Lipinski definition) is 2. The molecule has 1 aromatic heterocycles. The van der Waals surface area contributed by atoms with Gasteiger partial charge in [0.15, 0.2) is 0 Å². The predicted octanol–water partition coefficient (Wildman–Crippen LogP) is 4.85. The first-order chi connectivity index (χ1) is 14.9. The van der Waals surface area contributed by atoms with Crippen LogP contribution in [0.15, 0.2) is 41.6 Å². The molecule has 0 amide bonds. The summed E-state index contributed by atoms with van der Waals surface area (Å²) in [6.07, 6.45) is 2.38. The molecule has 2 N–H and O–H groups in total. The van der Waals surface area contributed by atoms with Crippen LogP contribution < -0.4 is 4.74 Å². The second-order valence-corrected chi connectivity index (χ2v) is 8.65. The van der Waals surface area contributed by atoms with Crippen molar-refractivity contribution in [2.24, 2.45) is 11.1 Å². The number of hydrogen-bond acceptors (Lipinski definition) is 5. The number of H-pyrrole nitrogens is 1. The molecule has 2 heterocycles. The molecule has 1 aliphatic heterocycles. The van der Waals surface area contributed by atoms with Crippen molar-refractivity contribution in [3.05, 3.63) is 58.6 Å². The summed E-state index contributed by atoms with van der Waals surface area (Å²) < 4.78 is 19.2. The number of aromatic amines is 1. The van der Waals surface area contributed by atoms with Crippen molar-refractivity contribution in [3.8, 4) is 5.75 Å². The summed E-state index contributed by atoms with van der Waals surface area (Å²) in [5.41, 5.74) is 1.39. The molecule has 0 spiro atoms. The van der Waals surface area contributed by atoms with Crippen molar-refractivity contribution in [2.75, 3.05) is 13.2 Å². The van der Waals surface area contributed by atoms with E-state index in [9.17, 15) is 9.50 Å². The molecule has 164 valence electrons. The second-order valence-electron chi connectivity index (χ2n) is 8.22. The molecule has 2 aromatic carbocycles. The summed E-state index contributed by atoms with van der Waals surface area (Å²) in [7, 11) is 0. The third-order valence-corrected chi connectivity index (χ3v) is 5.79. The summed E-state index contributed by atoms with van der Waals surface area (Å²) in [6.45, 7) is 4.47. The number of nitrogens with one attached hydrogen (secondary N) is 1. The van der Waals surface area contributed by atoms with Crippen molar-refractivity contribution < 1.29 is 19.1 Å². The first-order valence-corrected chi connectivity index (χ1v) is 10.7. The molecular formula is C23H25ClFN3O3. The molecule has 0 saturated carbocycles. The van der Waals surface area contributed by atoms with E-state index in [0.717, 1.165) is 22.4 Å². The lowest BCUT2D eigenvalue weighted by molar-refractivity contribution is -0.0481. The number of benzene rings is 2. The largest absolute Gasteiger partial charge is 0.490 e. The minimum absolute atomic E-state index is 0.0693. The van der Waals surface area contributed by atoms with Crippen LogP contribution in [0, 0.1) is 11.7 Å². The van der Waals surface area contributed by atoms with E-state index >= 15 is 0 Å². The van der Waals surface area contributed by atoms with Crippen LogP contribution in [0.25, 0.3) is 11.0 Å². The molecular weight excluding hydrogens is 421 g/mol. The molecule has 0 aliphatic carbocycles. The lowest BCUT2D eigenvalue weighted by atomic mass is 9.72. The Morgan fingerprint density at radius 2 is 2.23 bits per heavy atom. The third-order valence-electron chi connectivity index (χ3n) is 5.55. The van der Waals surface area contributed by atoms with Crippen molar-refractivity contribution in [2.45, 2.75) is 38.2 Å². The monoisotopic (exact) mass is 445 g/mol. The summed E-state index contributed by atoms with van der Waals surface area (Å²) in [6, 6.07) is 9.94. The molecule has 8 heteroatoms. The Kier molecular flexibility index (Phi) is 6.16. The van der Waals surface area contributed by atoms with Crippen LogP contribution in [0.4, 0.5) is 4.39 Å². The van der Waals surface area contributed by atoms with E-state index in [-0.39, 0.29) is 30.7 Å². The van der Waals surface area contributed by atoms with Crippen molar-refractivity contribution in [1.29, 1.82) is 0 Å². The van der Waals surface area contributed by atoms with Gasteiger partial charge in [-0.25, -0.2) is 9.37 Å². The summed E-state index contributed by atoms with van der Waals surface area (Å²) in [5, 5.41) is 15.9. The van der Waals surface area contributed by atoms with Gasteiger partial charge in [0.2, 0.25) is 0 Å². The molecule has 31 heavy (non-hydrogen) atoms. The molecule has 0 unspecified atom stereocenters. The van der Waals surface area contributed by atoms with Crippen LogP contribution in [-0.2, 0) is 11.3 Å². The molecule has 0 bridgehead atoms. The van der Waals surface area contributed by atoms with E-state index in [4.69, 9.17) is 21.2 Å². The van der Waals surface area contributed by atoms with Crippen molar-refractivity contribution in [3.63, 3.8) is 0 Å². The second kappa shape index (κ2) is 8.85. The molecule has 0 saturated heterocycles. The van der Waals surface area contributed by atoms with Gasteiger partial charge in [0.1, 0.15) is 36.2 Å². The van der Waals surface area contributed by atoms with E-state index in [2.05, 4.69) is 15.1 Å². The van der Waals surface area contributed by atoms with Gasteiger partial charge in [0.25, 0.3) is 0 Å². The average Bonchev–Trinajstić information content (AvgIpc) is 3.12. The highest BCUT2D eigenvalue weighted by Crippen LogP contribution is 2.45. The number of oxime groups is 1. The highest BCUT2D eigenvalue weighted by molar-refractivity contribution is 6.31. The van der Waals surface area contributed by atoms with Gasteiger partial charge in [0.05, 0.1) is 11.0 Å². The lowest BCUT2D eigenvalue weighted by Gasteiger charge is -2.42. The van der Waals surface area contributed by atoms with Crippen LogP contribution in [-0.4, -0.2) is 40.1 Å². The number of imidazole rings is 1. The van der Waals surface area contributed by atoms with Gasteiger partial charge in [-0.05, 0) is 30.2 Å². The zero-order chi connectivity index (χ0) is 22.0.